The quantitative estimate of drug-likeness (QED) is 0.473. The zero-order valence-electron chi connectivity index (χ0n) is 22.2. The van der Waals surface area contributed by atoms with Crippen molar-refractivity contribution in [1.29, 1.82) is 0 Å². The molecular weight excluding hydrogens is 479 g/mol. The maximum Gasteiger partial charge on any atom is 0.261 e. The second kappa shape index (κ2) is 11.7. The van der Waals surface area contributed by atoms with E-state index in [4.69, 9.17) is 4.98 Å². The Labute approximate surface area is 216 Å². The Hall–Kier alpha value is -2.52. The van der Waals surface area contributed by atoms with E-state index in [2.05, 4.69) is 44.0 Å². The molecule has 1 aliphatic heterocycles. The summed E-state index contributed by atoms with van der Waals surface area (Å²) in [7, 11) is 0. The molecule has 3 rings (SSSR count). The fourth-order valence-electron chi connectivity index (χ4n) is 4.37. The lowest BCUT2D eigenvalue weighted by Crippen LogP contribution is -2.36. The summed E-state index contributed by atoms with van der Waals surface area (Å²) < 4.78 is 36.6. The van der Waals surface area contributed by atoms with Gasteiger partial charge in [-0.3, -0.25) is 13.7 Å². The van der Waals surface area contributed by atoms with E-state index in [-0.39, 0.29) is 23.6 Å². The van der Waals surface area contributed by atoms with E-state index >= 15 is 0 Å². The number of benzene rings is 1. The largest absolute Gasteiger partial charge is 0.356 e. The van der Waals surface area contributed by atoms with Crippen LogP contribution >= 0.6 is 0 Å². The van der Waals surface area contributed by atoms with Gasteiger partial charge < -0.3 is 10.2 Å². The van der Waals surface area contributed by atoms with Crippen molar-refractivity contribution < 1.29 is 17.9 Å². The molecule has 2 heterocycles. The molecule has 2 unspecified atom stereocenters. The van der Waals surface area contributed by atoms with Crippen molar-refractivity contribution in [3.8, 4) is 0 Å². The molecule has 2 N–H and O–H groups in total. The molecule has 1 fully saturated rings. The fourth-order valence-corrected chi connectivity index (χ4v) is 4.91. The summed E-state index contributed by atoms with van der Waals surface area (Å²) in [4.78, 5) is 20.3. The summed E-state index contributed by atoms with van der Waals surface area (Å²) in [5, 5.41) is 3.00. The number of carbonyl (C=O) groups is 1. The minimum atomic E-state index is -2.33. The van der Waals surface area contributed by atoms with Crippen molar-refractivity contribution in [3.63, 3.8) is 0 Å². The molecule has 1 aromatic heterocycles. The van der Waals surface area contributed by atoms with Crippen molar-refractivity contribution in [2.24, 2.45) is 5.92 Å². The number of anilines is 2. The van der Waals surface area contributed by atoms with E-state index in [0.717, 1.165) is 47.3 Å². The van der Waals surface area contributed by atoms with Crippen LogP contribution in [0.5, 0.6) is 0 Å². The molecule has 0 radical (unpaired) electrons. The van der Waals surface area contributed by atoms with Gasteiger partial charge in [0.1, 0.15) is 11.6 Å². The molecule has 9 heteroatoms. The van der Waals surface area contributed by atoms with E-state index in [1.165, 1.54) is 12.1 Å². The molecular formula is C27H39FN4O3S. The zero-order chi connectivity index (χ0) is 26.6. The number of pyridine rings is 1. The highest BCUT2D eigenvalue weighted by Gasteiger charge is 2.24. The first kappa shape index (κ1) is 28.1. The third-order valence-electron chi connectivity index (χ3n) is 6.87. The average Bonchev–Trinajstić information content (AvgIpc) is 2.83. The Morgan fingerprint density at radius 1 is 1.28 bits per heavy atom. The number of aromatic nitrogens is 1. The van der Waals surface area contributed by atoms with Crippen LogP contribution in [0.1, 0.15) is 77.1 Å². The van der Waals surface area contributed by atoms with Crippen LogP contribution in [0, 0.1) is 11.7 Å². The molecule has 1 aliphatic rings. The zero-order valence-corrected chi connectivity index (χ0v) is 23.0. The second-order valence-electron chi connectivity index (χ2n) is 10.7. The van der Waals surface area contributed by atoms with Crippen molar-refractivity contribution >= 4 is 28.7 Å². The Morgan fingerprint density at radius 2 is 1.94 bits per heavy atom. The van der Waals surface area contributed by atoms with Crippen LogP contribution in [0.4, 0.5) is 15.9 Å². The van der Waals surface area contributed by atoms with Gasteiger partial charge in [-0.2, -0.15) is 0 Å². The third kappa shape index (κ3) is 6.62. The van der Waals surface area contributed by atoms with Crippen molar-refractivity contribution in [3.05, 3.63) is 53.0 Å². The fraction of sp³-hybridized carbons (Fsp3) is 0.556. The van der Waals surface area contributed by atoms with Gasteiger partial charge in [0.25, 0.3) is 11.3 Å². The second-order valence-corrected chi connectivity index (χ2v) is 11.6. The average molecular weight is 519 g/mol. The third-order valence-corrected chi connectivity index (χ3v) is 7.70. The highest BCUT2D eigenvalue weighted by atomic mass is 32.2. The molecule has 198 valence electrons. The molecule has 2 aromatic rings. The van der Waals surface area contributed by atoms with Gasteiger partial charge in [-0.15, -0.1) is 0 Å². The number of nitrogens with one attached hydrogen (secondary N) is 1. The smallest absolute Gasteiger partial charge is 0.261 e. The van der Waals surface area contributed by atoms with Gasteiger partial charge in [0.15, 0.2) is 0 Å². The first-order chi connectivity index (χ1) is 16.9. The predicted molar refractivity (Wildman–Crippen MR) is 144 cm³/mol. The maximum atomic E-state index is 14.7. The standard InChI is InChI=1S/C27H39FN4O3S/c1-7-32(36(34)35)23-10-8-20(16-22(23)28)19(3)26(33)29-17-21-9-11-24(27(4,5)6)30-25(21)31-14-12-18(2)13-15-31/h8-11,16,18-19H,7,12-15,17H2,1-6H3,(H,29,33)(H,34,35). The van der Waals surface area contributed by atoms with Crippen LogP contribution < -0.4 is 14.5 Å². The van der Waals surface area contributed by atoms with Crippen molar-refractivity contribution in [2.75, 3.05) is 28.8 Å². The van der Waals surface area contributed by atoms with Gasteiger partial charge in [-0.05, 0) is 56.4 Å². The van der Waals surface area contributed by atoms with Gasteiger partial charge in [0.05, 0.1) is 11.6 Å². The van der Waals surface area contributed by atoms with Crippen molar-refractivity contribution in [1.82, 2.24) is 10.3 Å². The predicted octanol–water partition coefficient (Wildman–Crippen LogP) is 5.14. The number of piperidine rings is 1. The molecule has 0 bridgehead atoms. The summed E-state index contributed by atoms with van der Waals surface area (Å²) in [5.41, 5.74) is 2.42. The molecule has 0 aliphatic carbocycles. The van der Waals surface area contributed by atoms with Gasteiger partial charge in [-0.25, -0.2) is 13.6 Å². The molecule has 2 atom stereocenters. The summed E-state index contributed by atoms with van der Waals surface area (Å²) in [6, 6.07) is 8.40. The summed E-state index contributed by atoms with van der Waals surface area (Å²) in [6.07, 6.45) is 2.23. The topological polar surface area (TPSA) is 85.8 Å². The lowest BCUT2D eigenvalue weighted by Gasteiger charge is -2.33. The van der Waals surface area contributed by atoms with Gasteiger partial charge in [0.2, 0.25) is 5.91 Å². The molecule has 1 saturated heterocycles. The lowest BCUT2D eigenvalue weighted by atomic mass is 9.91. The van der Waals surface area contributed by atoms with Crippen LogP contribution in [0.25, 0.3) is 0 Å². The number of amides is 1. The first-order valence-corrected chi connectivity index (χ1v) is 13.7. The Kier molecular flexibility index (Phi) is 9.11. The number of nitrogens with zero attached hydrogens (tertiary/aromatic N) is 3. The molecule has 36 heavy (non-hydrogen) atoms. The van der Waals surface area contributed by atoms with E-state index in [1.807, 2.05) is 6.07 Å². The molecule has 0 saturated carbocycles. The molecule has 0 spiro atoms. The van der Waals surface area contributed by atoms with Crippen LogP contribution in [0.3, 0.4) is 0 Å². The normalized spacial score (nSPS) is 16.5. The molecule has 7 nitrogen and oxygen atoms in total. The van der Waals surface area contributed by atoms with Crippen molar-refractivity contribution in [2.45, 2.75) is 72.3 Å². The van der Waals surface area contributed by atoms with Gasteiger partial charge >= 0.3 is 0 Å². The van der Waals surface area contributed by atoms with Crippen LogP contribution in [-0.4, -0.2) is 39.3 Å². The first-order valence-electron chi connectivity index (χ1n) is 12.6. The Morgan fingerprint density at radius 3 is 2.50 bits per heavy atom. The summed E-state index contributed by atoms with van der Waals surface area (Å²) in [5.74, 6) is 0.168. The van der Waals surface area contributed by atoms with E-state index < -0.39 is 23.0 Å². The van der Waals surface area contributed by atoms with E-state index in [9.17, 15) is 17.9 Å². The molecule has 1 aromatic carbocycles. The summed E-state index contributed by atoms with van der Waals surface area (Å²) >= 11 is -2.33. The molecule has 1 amide bonds. The maximum absolute atomic E-state index is 14.7. The number of carbonyl (C=O) groups excluding carboxylic acids is 1. The van der Waals surface area contributed by atoms with E-state index in [0.29, 0.717) is 18.0 Å². The minimum absolute atomic E-state index is 0.0280. The Balaban J connectivity index is 1.76. The number of rotatable bonds is 8. The summed E-state index contributed by atoms with van der Waals surface area (Å²) in [6.45, 7) is 14.5. The van der Waals surface area contributed by atoms with Gasteiger partial charge in [-0.1, -0.05) is 39.8 Å². The van der Waals surface area contributed by atoms with Crippen LogP contribution in [0.2, 0.25) is 0 Å². The number of hydrogen-bond donors (Lipinski definition) is 2. The number of halogens is 1. The monoisotopic (exact) mass is 518 g/mol. The minimum Gasteiger partial charge on any atom is -0.356 e. The SMILES string of the molecule is CCN(c1ccc(C(C)C(=O)NCc2ccc(C(C)(C)C)nc2N2CCC(C)CC2)cc1F)S(=O)O. The Bertz CT molecular complexity index is 1100. The lowest BCUT2D eigenvalue weighted by molar-refractivity contribution is -0.122. The van der Waals surface area contributed by atoms with Crippen LogP contribution in [0.15, 0.2) is 30.3 Å². The van der Waals surface area contributed by atoms with E-state index in [1.54, 1.807) is 19.9 Å². The van der Waals surface area contributed by atoms with Gasteiger partial charge in [0, 0.05) is 42.9 Å². The van der Waals surface area contributed by atoms with Crippen LogP contribution in [-0.2, 0) is 28.0 Å². The highest BCUT2D eigenvalue weighted by molar-refractivity contribution is 7.80. The highest BCUT2D eigenvalue weighted by Crippen LogP contribution is 2.29. The number of hydrogen-bond acceptors (Lipinski definition) is 4.